The van der Waals surface area contributed by atoms with E-state index in [1.165, 1.54) is 6.92 Å². The van der Waals surface area contributed by atoms with Crippen LogP contribution in [-0.4, -0.2) is 18.0 Å². The van der Waals surface area contributed by atoms with Crippen LogP contribution in [0, 0.1) is 5.92 Å². The number of carbonyl (C=O) groups is 2. The topological polar surface area (TPSA) is 55.4 Å². The molecule has 5 heteroatoms. The number of halogens is 1. The number of esters is 1. The lowest BCUT2D eigenvalue weighted by Crippen LogP contribution is -2.31. The number of carbonyl (C=O) groups excluding carboxylic acids is 2. The minimum atomic E-state index is -0.834. The molecular formula is C13H16ClNO3. The van der Waals surface area contributed by atoms with E-state index < -0.39 is 12.1 Å². The van der Waals surface area contributed by atoms with Gasteiger partial charge in [0.1, 0.15) is 0 Å². The molecule has 0 fully saturated rings. The SMILES string of the molecule is CC(C)C(=O)O[C@@H](C)C(=O)Nc1cccc(Cl)c1. The molecule has 0 heterocycles. The van der Waals surface area contributed by atoms with E-state index in [4.69, 9.17) is 16.3 Å². The summed E-state index contributed by atoms with van der Waals surface area (Å²) in [6, 6.07) is 6.76. The van der Waals surface area contributed by atoms with E-state index in [2.05, 4.69) is 5.32 Å². The predicted octanol–water partition coefficient (Wildman–Crippen LogP) is 2.87. The number of nitrogens with one attached hydrogen (secondary N) is 1. The fourth-order valence-electron chi connectivity index (χ4n) is 1.17. The third kappa shape index (κ3) is 4.37. The van der Waals surface area contributed by atoms with Crippen LogP contribution < -0.4 is 5.32 Å². The van der Waals surface area contributed by atoms with E-state index in [0.29, 0.717) is 10.7 Å². The summed E-state index contributed by atoms with van der Waals surface area (Å²) in [7, 11) is 0. The van der Waals surface area contributed by atoms with Crippen LogP contribution in [-0.2, 0) is 14.3 Å². The molecule has 1 atom stereocenters. The summed E-state index contributed by atoms with van der Waals surface area (Å²) >= 11 is 5.80. The van der Waals surface area contributed by atoms with Crippen molar-refractivity contribution >= 4 is 29.2 Å². The van der Waals surface area contributed by atoms with Crippen molar-refractivity contribution in [2.24, 2.45) is 5.92 Å². The number of ether oxygens (including phenoxy) is 1. The Hall–Kier alpha value is -1.55. The maximum atomic E-state index is 11.8. The van der Waals surface area contributed by atoms with Crippen LogP contribution in [0.2, 0.25) is 5.02 Å². The van der Waals surface area contributed by atoms with Gasteiger partial charge in [0.15, 0.2) is 6.10 Å². The largest absolute Gasteiger partial charge is 0.452 e. The predicted molar refractivity (Wildman–Crippen MR) is 70.5 cm³/mol. The second kappa shape index (κ2) is 6.40. The molecule has 1 aromatic rings. The molecule has 0 saturated heterocycles. The average molecular weight is 270 g/mol. The number of hydrogen-bond donors (Lipinski definition) is 1. The number of benzene rings is 1. The van der Waals surface area contributed by atoms with Crippen LogP contribution in [0.1, 0.15) is 20.8 Å². The van der Waals surface area contributed by atoms with Crippen LogP contribution in [0.15, 0.2) is 24.3 Å². The molecule has 4 nitrogen and oxygen atoms in total. The maximum absolute atomic E-state index is 11.8. The van der Waals surface area contributed by atoms with Gasteiger partial charge in [-0.25, -0.2) is 0 Å². The van der Waals surface area contributed by atoms with Crippen molar-refractivity contribution in [1.82, 2.24) is 0 Å². The summed E-state index contributed by atoms with van der Waals surface area (Å²) in [5.41, 5.74) is 0.569. The fourth-order valence-corrected chi connectivity index (χ4v) is 1.36. The van der Waals surface area contributed by atoms with Crippen LogP contribution in [0.5, 0.6) is 0 Å². The highest BCUT2D eigenvalue weighted by Crippen LogP contribution is 2.15. The molecule has 0 saturated carbocycles. The van der Waals surface area contributed by atoms with Gasteiger partial charge in [0.25, 0.3) is 5.91 Å². The third-order valence-electron chi connectivity index (χ3n) is 2.23. The van der Waals surface area contributed by atoms with E-state index in [-0.39, 0.29) is 11.8 Å². The Morgan fingerprint density at radius 3 is 2.50 bits per heavy atom. The third-order valence-corrected chi connectivity index (χ3v) is 2.46. The summed E-state index contributed by atoms with van der Waals surface area (Å²) in [5, 5.41) is 3.15. The quantitative estimate of drug-likeness (QED) is 0.855. The lowest BCUT2D eigenvalue weighted by atomic mass is 10.2. The average Bonchev–Trinajstić information content (AvgIpc) is 2.28. The summed E-state index contributed by atoms with van der Waals surface area (Å²) in [4.78, 5) is 23.1. The number of amides is 1. The first kappa shape index (κ1) is 14.5. The first-order chi connectivity index (χ1) is 8.40. The lowest BCUT2D eigenvalue weighted by Gasteiger charge is -2.14. The maximum Gasteiger partial charge on any atom is 0.309 e. The molecular weight excluding hydrogens is 254 g/mol. The van der Waals surface area contributed by atoms with Gasteiger partial charge in [0, 0.05) is 10.7 Å². The molecule has 1 amide bonds. The van der Waals surface area contributed by atoms with Gasteiger partial charge in [0.05, 0.1) is 5.92 Å². The highest BCUT2D eigenvalue weighted by Gasteiger charge is 2.19. The molecule has 1 rings (SSSR count). The summed E-state index contributed by atoms with van der Waals surface area (Å²) in [5.74, 6) is -1.04. The van der Waals surface area contributed by atoms with Crippen LogP contribution >= 0.6 is 11.6 Å². The molecule has 0 bridgehead atoms. The van der Waals surface area contributed by atoms with Gasteiger partial charge in [-0.1, -0.05) is 31.5 Å². The molecule has 1 N–H and O–H groups in total. The van der Waals surface area contributed by atoms with Crippen LogP contribution in [0.25, 0.3) is 0 Å². The standard InChI is InChI=1S/C13H16ClNO3/c1-8(2)13(17)18-9(3)12(16)15-11-6-4-5-10(14)7-11/h4-9H,1-3H3,(H,15,16)/t9-/m0/s1. The van der Waals surface area contributed by atoms with E-state index in [1.807, 2.05) is 0 Å². The van der Waals surface area contributed by atoms with Crippen LogP contribution in [0.3, 0.4) is 0 Å². The van der Waals surface area contributed by atoms with Gasteiger partial charge < -0.3 is 10.1 Å². The molecule has 0 aliphatic rings. The molecule has 0 aliphatic carbocycles. The van der Waals surface area contributed by atoms with Crippen molar-refractivity contribution in [3.63, 3.8) is 0 Å². The molecule has 0 aromatic heterocycles. The minimum absolute atomic E-state index is 0.258. The van der Waals surface area contributed by atoms with E-state index in [0.717, 1.165) is 0 Å². The fraction of sp³-hybridized carbons (Fsp3) is 0.385. The zero-order valence-electron chi connectivity index (χ0n) is 10.6. The summed E-state index contributed by atoms with van der Waals surface area (Å²) in [6.45, 7) is 4.95. The van der Waals surface area contributed by atoms with Gasteiger partial charge in [-0.05, 0) is 25.1 Å². The Morgan fingerprint density at radius 2 is 1.94 bits per heavy atom. The first-order valence-electron chi connectivity index (χ1n) is 5.67. The zero-order valence-corrected chi connectivity index (χ0v) is 11.3. The van der Waals surface area contributed by atoms with Crippen molar-refractivity contribution < 1.29 is 14.3 Å². The van der Waals surface area contributed by atoms with Crippen molar-refractivity contribution in [1.29, 1.82) is 0 Å². The van der Waals surface area contributed by atoms with Crippen molar-refractivity contribution in [3.05, 3.63) is 29.3 Å². The molecule has 0 radical (unpaired) electrons. The Morgan fingerprint density at radius 1 is 1.28 bits per heavy atom. The molecule has 0 unspecified atom stereocenters. The van der Waals surface area contributed by atoms with E-state index >= 15 is 0 Å². The second-order valence-electron chi connectivity index (χ2n) is 4.23. The van der Waals surface area contributed by atoms with Gasteiger partial charge in [-0.15, -0.1) is 0 Å². The number of rotatable bonds is 4. The van der Waals surface area contributed by atoms with Gasteiger partial charge >= 0.3 is 5.97 Å². The summed E-state index contributed by atoms with van der Waals surface area (Å²) in [6.07, 6.45) is -0.834. The smallest absolute Gasteiger partial charge is 0.309 e. The van der Waals surface area contributed by atoms with Crippen molar-refractivity contribution in [3.8, 4) is 0 Å². The Labute approximate surface area is 111 Å². The Kier molecular flexibility index (Phi) is 5.16. The van der Waals surface area contributed by atoms with Crippen LogP contribution in [0.4, 0.5) is 5.69 Å². The van der Waals surface area contributed by atoms with Crippen molar-refractivity contribution in [2.45, 2.75) is 26.9 Å². The highest BCUT2D eigenvalue weighted by atomic mass is 35.5. The molecule has 18 heavy (non-hydrogen) atoms. The van der Waals surface area contributed by atoms with Gasteiger partial charge in [0.2, 0.25) is 0 Å². The van der Waals surface area contributed by atoms with Crippen molar-refractivity contribution in [2.75, 3.05) is 5.32 Å². The molecule has 98 valence electrons. The van der Waals surface area contributed by atoms with Gasteiger partial charge in [-0.3, -0.25) is 9.59 Å². The summed E-state index contributed by atoms with van der Waals surface area (Å²) < 4.78 is 4.99. The van der Waals surface area contributed by atoms with Gasteiger partial charge in [-0.2, -0.15) is 0 Å². The zero-order chi connectivity index (χ0) is 13.7. The molecule has 1 aromatic carbocycles. The monoisotopic (exact) mass is 269 g/mol. The first-order valence-corrected chi connectivity index (χ1v) is 6.05. The molecule has 0 aliphatic heterocycles. The number of anilines is 1. The Balaban J connectivity index is 2.57. The highest BCUT2D eigenvalue weighted by molar-refractivity contribution is 6.30. The second-order valence-corrected chi connectivity index (χ2v) is 4.67. The minimum Gasteiger partial charge on any atom is -0.452 e. The van der Waals surface area contributed by atoms with E-state index in [1.54, 1.807) is 38.1 Å². The Bertz CT molecular complexity index is 446. The normalized spacial score (nSPS) is 12.1. The van der Waals surface area contributed by atoms with E-state index in [9.17, 15) is 9.59 Å². The number of hydrogen-bond acceptors (Lipinski definition) is 3. The lowest BCUT2D eigenvalue weighted by molar-refractivity contribution is -0.156. The molecule has 0 spiro atoms.